The van der Waals surface area contributed by atoms with Gasteiger partial charge in [0.05, 0.1) is 5.92 Å². The highest BCUT2D eigenvalue weighted by Gasteiger charge is 2.35. The number of amides is 1. The number of hydrogen-bond acceptors (Lipinski definition) is 3. The van der Waals surface area contributed by atoms with Gasteiger partial charge in [0.15, 0.2) is 6.61 Å². The molecule has 0 aliphatic heterocycles. The van der Waals surface area contributed by atoms with E-state index in [9.17, 15) is 9.59 Å². The van der Waals surface area contributed by atoms with E-state index in [0.717, 1.165) is 6.42 Å². The summed E-state index contributed by atoms with van der Waals surface area (Å²) in [6.07, 6.45) is 1.98. The van der Waals surface area contributed by atoms with Gasteiger partial charge >= 0.3 is 5.97 Å². The molecule has 0 heterocycles. The number of carbonyl (C=O) groups excluding carboxylic acids is 1. The molecule has 0 saturated heterocycles. The van der Waals surface area contributed by atoms with E-state index in [-0.39, 0.29) is 24.5 Å². The maximum atomic E-state index is 11.6. The number of carboxylic acids is 1. The number of aryl methyl sites for hydroxylation is 1. The van der Waals surface area contributed by atoms with Crippen LogP contribution < -0.4 is 10.1 Å². The Hall–Kier alpha value is -2.04. The van der Waals surface area contributed by atoms with Gasteiger partial charge in [-0.3, -0.25) is 9.59 Å². The zero-order valence-corrected chi connectivity index (χ0v) is 11.5. The minimum Gasteiger partial charge on any atom is -0.484 e. The van der Waals surface area contributed by atoms with Crippen molar-refractivity contribution in [2.45, 2.75) is 32.2 Å². The second-order valence-corrected chi connectivity index (χ2v) is 5.06. The van der Waals surface area contributed by atoms with Crippen LogP contribution in [0.25, 0.3) is 0 Å². The van der Waals surface area contributed by atoms with Crippen LogP contribution in [0.2, 0.25) is 0 Å². The summed E-state index contributed by atoms with van der Waals surface area (Å²) >= 11 is 0. The highest BCUT2D eigenvalue weighted by molar-refractivity contribution is 5.78. The molecule has 1 fully saturated rings. The first kappa shape index (κ1) is 14.4. The van der Waals surface area contributed by atoms with Crippen LogP contribution in [0.1, 0.15) is 25.3 Å². The summed E-state index contributed by atoms with van der Waals surface area (Å²) in [7, 11) is 0. The van der Waals surface area contributed by atoms with Crippen molar-refractivity contribution < 1.29 is 19.4 Å². The molecule has 5 heteroatoms. The van der Waals surface area contributed by atoms with Crippen molar-refractivity contribution in [3.05, 3.63) is 29.8 Å². The van der Waals surface area contributed by atoms with Gasteiger partial charge in [-0.1, -0.05) is 19.1 Å². The molecule has 0 bridgehead atoms. The summed E-state index contributed by atoms with van der Waals surface area (Å²) in [6, 6.07) is 7.59. The number of rotatable bonds is 6. The molecule has 1 aliphatic carbocycles. The monoisotopic (exact) mass is 277 g/mol. The zero-order chi connectivity index (χ0) is 14.5. The summed E-state index contributed by atoms with van der Waals surface area (Å²) in [5, 5.41) is 11.5. The van der Waals surface area contributed by atoms with E-state index in [0.29, 0.717) is 18.6 Å². The highest BCUT2D eigenvalue weighted by Crippen LogP contribution is 2.27. The maximum Gasteiger partial charge on any atom is 0.306 e. The molecular weight excluding hydrogens is 258 g/mol. The standard InChI is InChI=1S/C15H19NO4/c1-2-10-3-5-13(6-4-10)20-9-14(17)16-12-7-11(8-12)15(18)19/h3-6,11-12H,2,7-9H2,1H3,(H,16,17)(H,18,19). The summed E-state index contributed by atoms with van der Waals surface area (Å²) in [5.41, 5.74) is 1.22. The Kier molecular flexibility index (Phi) is 4.61. The molecule has 20 heavy (non-hydrogen) atoms. The van der Waals surface area contributed by atoms with E-state index in [1.165, 1.54) is 5.56 Å². The average Bonchev–Trinajstić information content (AvgIpc) is 2.40. The molecule has 0 radical (unpaired) electrons. The zero-order valence-electron chi connectivity index (χ0n) is 11.5. The van der Waals surface area contributed by atoms with Gasteiger partial charge < -0.3 is 15.2 Å². The summed E-state index contributed by atoms with van der Waals surface area (Å²) in [6.45, 7) is 2.03. The topological polar surface area (TPSA) is 75.6 Å². The van der Waals surface area contributed by atoms with Gasteiger partial charge in [0.2, 0.25) is 0 Å². The molecule has 1 amide bonds. The lowest BCUT2D eigenvalue weighted by atomic mass is 9.80. The molecule has 0 unspecified atom stereocenters. The molecule has 1 aliphatic rings. The quantitative estimate of drug-likeness (QED) is 0.828. The lowest BCUT2D eigenvalue weighted by Gasteiger charge is -2.32. The van der Waals surface area contributed by atoms with E-state index in [1.54, 1.807) is 0 Å². The molecular formula is C15H19NO4. The smallest absolute Gasteiger partial charge is 0.306 e. The Morgan fingerprint density at radius 1 is 1.30 bits per heavy atom. The number of ether oxygens (including phenoxy) is 1. The van der Waals surface area contributed by atoms with E-state index in [4.69, 9.17) is 9.84 Å². The van der Waals surface area contributed by atoms with Crippen LogP contribution in [0, 0.1) is 5.92 Å². The van der Waals surface area contributed by atoms with Gasteiger partial charge in [0.1, 0.15) is 5.75 Å². The Morgan fingerprint density at radius 2 is 1.95 bits per heavy atom. The van der Waals surface area contributed by atoms with Crippen LogP contribution >= 0.6 is 0 Å². The van der Waals surface area contributed by atoms with Crippen LogP contribution in [0.3, 0.4) is 0 Å². The van der Waals surface area contributed by atoms with Crippen LogP contribution in [0.4, 0.5) is 0 Å². The fourth-order valence-corrected chi connectivity index (χ4v) is 2.18. The van der Waals surface area contributed by atoms with Gasteiger partial charge in [-0.05, 0) is 37.0 Å². The first-order chi connectivity index (χ1) is 9.58. The first-order valence-electron chi connectivity index (χ1n) is 6.82. The Labute approximate surface area is 117 Å². The summed E-state index contributed by atoms with van der Waals surface area (Å²) in [4.78, 5) is 22.3. The third kappa shape index (κ3) is 3.73. The third-order valence-electron chi connectivity index (χ3n) is 3.55. The fourth-order valence-electron chi connectivity index (χ4n) is 2.18. The van der Waals surface area contributed by atoms with Crippen LogP contribution in [0.5, 0.6) is 5.75 Å². The Balaban J connectivity index is 1.69. The van der Waals surface area contributed by atoms with Gasteiger partial charge in [-0.25, -0.2) is 0 Å². The maximum absolute atomic E-state index is 11.6. The fraction of sp³-hybridized carbons (Fsp3) is 0.467. The Bertz CT molecular complexity index is 477. The van der Waals surface area contributed by atoms with Crippen LogP contribution in [0.15, 0.2) is 24.3 Å². The molecule has 1 aromatic carbocycles. The van der Waals surface area contributed by atoms with Crippen molar-refractivity contribution in [3.63, 3.8) is 0 Å². The van der Waals surface area contributed by atoms with Crippen LogP contribution in [-0.4, -0.2) is 29.6 Å². The Morgan fingerprint density at radius 3 is 2.50 bits per heavy atom. The largest absolute Gasteiger partial charge is 0.484 e. The molecule has 5 nitrogen and oxygen atoms in total. The number of carbonyl (C=O) groups is 2. The van der Waals surface area contributed by atoms with Crippen molar-refractivity contribution in [2.24, 2.45) is 5.92 Å². The second-order valence-electron chi connectivity index (χ2n) is 5.06. The molecule has 0 atom stereocenters. The molecule has 108 valence electrons. The minimum absolute atomic E-state index is 0.0327. The lowest BCUT2D eigenvalue weighted by molar-refractivity contribution is -0.146. The second kappa shape index (κ2) is 6.41. The minimum atomic E-state index is -0.789. The predicted molar refractivity (Wildman–Crippen MR) is 73.6 cm³/mol. The molecule has 1 saturated carbocycles. The van der Waals surface area contributed by atoms with Crippen LogP contribution in [-0.2, 0) is 16.0 Å². The van der Waals surface area contributed by atoms with Gasteiger partial charge in [-0.15, -0.1) is 0 Å². The molecule has 1 aromatic rings. The molecule has 0 aromatic heterocycles. The van der Waals surface area contributed by atoms with E-state index >= 15 is 0 Å². The SMILES string of the molecule is CCc1ccc(OCC(=O)NC2CC(C(=O)O)C2)cc1. The summed E-state index contributed by atoms with van der Waals surface area (Å²) < 4.78 is 5.38. The summed E-state index contributed by atoms with van der Waals surface area (Å²) in [5.74, 6) is -0.654. The van der Waals surface area contributed by atoms with E-state index in [1.807, 2.05) is 24.3 Å². The molecule has 2 rings (SSSR count). The lowest BCUT2D eigenvalue weighted by Crippen LogP contribution is -2.48. The van der Waals surface area contributed by atoms with Crippen molar-refractivity contribution in [1.82, 2.24) is 5.32 Å². The number of hydrogen-bond donors (Lipinski definition) is 2. The first-order valence-corrected chi connectivity index (χ1v) is 6.82. The number of aliphatic carboxylic acids is 1. The molecule has 0 spiro atoms. The van der Waals surface area contributed by atoms with Crippen molar-refractivity contribution >= 4 is 11.9 Å². The van der Waals surface area contributed by atoms with Gasteiger partial charge in [-0.2, -0.15) is 0 Å². The number of nitrogens with one attached hydrogen (secondary N) is 1. The van der Waals surface area contributed by atoms with Gasteiger partial charge in [0, 0.05) is 6.04 Å². The predicted octanol–water partition coefficient (Wildman–Crippen LogP) is 1.61. The average molecular weight is 277 g/mol. The third-order valence-corrected chi connectivity index (χ3v) is 3.55. The number of carboxylic acid groups (broad SMARTS) is 1. The normalized spacial score (nSPS) is 20.9. The van der Waals surface area contributed by atoms with Gasteiger partial charge in [0.25, 0.3) is 5.91 Å². The van der Waals surface area contributed by atoms with E-state index < -0.39 is 5.97 Å². The highest BCUT2D eigenvalue weighted by atomic mass is 16.5. The van der Waals surface area contributed by atoms with Crippen molar-refractivity contribution in [1.29, 1.82) is 0 Å². The van der Waals surface area contributed by atoms with Crippen molar-refractivity contribution in [3.8, 4) is 5.75 Å². The number of benzene rings is 1. The van der Waals surface area contributed by atoms with E-state index in [2.05, 4.69) is 12.2 Å². The molecule has 2 N–H and O–H groups in total. The van der Waals surface area contributed by atoms with Crippen molar-refractivity contribution in [2.75, 3.05) is 6.61 Å².